The Kier molecular flexibility index (Phi) is 4.17. The third-order valence-corrected chi connectivity index (χ3v) is 3.00. The van der Waals surface area contributed by atoms with Gasteiger partial charge in [-0.05, 0) is 43.7 Å². The Bertz CT molecular complexity index is 605. The zero-order valence-electron chi connectivity index (χ0n) is 10.4. The molecule has 0 bridgehead atoms. The number of nitrogens with one attached hydrogen (secondary N) is 1. The van der Waals surface area contributed by atoms with Crippen LogP contribution in [0.1, 0.15) is 21.6 Å². The van der Waals surface area contributed by atoms with E-state index < -0.39 is 0 Å². The summed E-state index contributed by atoms with van der Waals surface area (Å²) in [6.07, 6.45) is 0. The Balaban J connectivity index is 2.25. The molecule has 4 nitrogen and oxygen atoms in total. The van der Waals surface area contributed by atoms with Crippen molar-refractivity contribution in [1.82, 2.24) is 9.97 Å². The lowest BCUT2D eigenvalue weighted by Gasteiger charge is -2.06. The fraction of sp³-hybridized carbons (Fsp3) is 0.154. The molecule has 6 heteroatoms. The van der Waals surface area contributed by atoms with Gasteiger partial charge in [-0.25, -0.2) is 9.97 Å². The van der Waals surface area contributed by atoms with Crippen molar-refractivity contribution in [2.45, 2.75) is 13.8 Å². The van der Waals surface area contributed by atoms with Gasteiger partial charge in [0.15, 0.2) is 0 Å². The van der Waals surface area contributed by atoms with Crippen molar-refractivity contribution in [2.24, 2.45) is 0 Å². The largest absolute Gasteiger partial charge is 0.290 e. The molecule has 0 radical (unpaired) electrons. The van der Waals surface area contributed by atoms with Crippen LogP contribution in [-0.4, -0.2) is 15.9 Å². The average molecular weight is 341 g/mol. The fourth-order valence-electron chi connectivity index (χ4n) is 1.63. The molecule has 2 rings (SSSR count). The first-order chi connectivity index (χ1) is 8.94. The van der Waals surface area contributed by atoms with Gasteiger partial charge < -0.3 is 0 Å². The van der Waals surface area contributed by atoms with Gasteiger partial charge in [-0.3, -0.25) is 10.1 Å². The summed E-state index contributed by atoms with van der Waals surface area (Å²) in [6, 6.07) is 7.08. The fourth-order valence-corrected chi connectivity index (χ4v) is 2.47. The molecule has 0 aliphatic rings. The number of rotatable bonds is 2. The molecule has 0 atom stereocenters. The molecule has 0 spiro atoms. The monoisotopic (exact) mass is 339 g/mol. The maximum Gasteiger partial charge on any atom is 0.258 e. The summed E-state index contributed by atoms with van der Waals surface area (Å²) in [5.74, 6) is -0.0707. The third kappa shape index (κ3) is 3.75. The number of hydrogen-bond acceptors (Lipinski definition) is 3. The summed E-state index contributed by atoms with van der Waals surface area (Å²) in [4.78, 5) is 20.1. The van der Waals surface area contributed by atoms with Crippen molar-refractivity contribution in [3.05, 3.63) is 50.7 Å². The van der Waals surface area contributed by atoms with E-state index in [1.807, 2.05) is 13.0 Å². The second-order valence-corrected chi connectivity index (χ2v) is 5.43. The number of nitrogens with zero attached hydrogens (tertiary/aromatic N) is 2. The highest BCUT2D eigenvalue weighted by Gasteiger charge is 2.10. The number of benzene rings is 1. The lowest BCUT2D eigenvalue weighted by molar-refractivity contribution is 0.102. The molecule has 1 aromatic heterocycles. The predicted molar refractivity (Wildman–Crippen MR) is 78.6 cm³/mol. The Labute approximate surface area is 124 Å². The van der Waals surface area contributed by atoms with Crippen molar-refractivity contribution in [1.29, 1.82) is 0 Å². The minimum atomic E-state index is -0.272. The van der Waals surface area contributed by atoms with E-state index in [0.717, 1.165) is 10.0 Å². The Hall–Kier alpha value is -1.46. The van der Waals surface area contributed by atoms with Crippen LogP contribution in [0.2, 0.25) is 5.15 Å². The third-order valence-electron chi connectivity index (χ3n) is 2.35. The Morgan fingerprint density at radius 1 is 1.21 bits per heavy atom. The van der Waals surface area contributed by atoms with Crippen molar-refractivity contribution in [3.8, 4) is 0 Å². The van der Waals surface area contributed by atoms with Gasteiger partial charge in [0.1, 0.15) is 5.15 Å². The van der Waals surface area contributed by atoms with Crippen LogP contribution in [-0.2, 0) is 0 Å². The predicted octanol–water partition coefficient (Wildman–Crippen LogP) is 3.76. The molecule has 0 fully saturated rings. The molecule has 1 aromatic carbocycles. The number of amides is 1. The lowest BCUT2D eigenvalue weighted by Crippen LogP contribution is -2.14. The van der Waals surface area contributed by atoms with Crippen LogP contribution < -0.4 is 5.32 Å². The van der Waals surface area contributed by atoms with Crippen molar-refractivity contribution < 1.29 is 4.79 Å². The first-order valence-electron chi connectivity index (χ1n) is 5.54. The number of aryl methyl sites for hydroxylation is 2. The van der Waals surface area contributed by atoms with Gasteiger partial charge in [0.05, 0.1) is 0 Å². The number of aromatic nitrogens is 2. The molecule has 0 saturated carbocycles. The minimum Gasteiger partial charge on any atom is -0.290 e. The first-order valence-corrected chi connectivity index (χ1v) is 6.71. The van der Waals surface area contributed by atoms with Crippen LogP contribution in [0.15, 0.2) is 28.7 Å². The van der Waals surface area contributed by atoms with Gasteiger partial charge in [-0.1, -0.05) is 27.5 Å². The molecule has 2 aromatic rings. The topological polar surface area (TPSA) is 54.9 Å². The molecule has 98 valence electrons. The van der Waals surface area contributed by atoms with E-state index in [1.165, 1.54) is 0 Å². The molecule has 1 amide bonds. The summed E-state index contributed by atoms with van der Waals surface area (Å²) in [6.45, 7) is 3.70. The van der Waals surface area contributed by atoms with Crippen LogP contribution >= 0.6 is 27.5 Å². The summed E-state index contributed by atoms with van der Waals surface area (Å²) in [5, 5.41) is 2.93. The average Bonchev–Trinajstić information content (AvgIpc) is 2.25. The van der Waals surface area contributed by atoms with Crippen LogP contribution in [0.3, 0.4) is 0 Å². The molecule has 0 unspecified atom stereocenters. The van der Waals surface area contributed by atoms with Crippen molar-refractivity contribution in [2.75, 3.05) is 5.32 Å². The maximum atomic E-state index is 12.1. The minimum absolute atomic E-state index is 0.202. The number of carbonyl (C=O) groups is 1. The van der Waals surface area contributed by atoms with Gasteiger partial charge in [-0.2, -0.15) is 0 Å². The van der Waals surface area contributed by atoms with Crippen LogP contribution in [0.25, 0.3) is 0 Å². The SMILES string of the molecule is Cc1cc(Br)cc(C(=O)Nc2nc(C)cc(Cl)n2)c1. The normalized spacial score (nSPS) is 10.3. The van der Waals surface area contributed by atoms with E-state index in [0.29, 0.717) is 16.4 Å². The zero-order chi connectivity index (χ0) is 14.0. The Morgan fingerprint density at radius 3 is 2.58 bits per heavy atom. The van der Waals surface area contributed by atoms with Gasteiger partial charge in [0.25, 0.3) is 5.91 Å². The van der Waals surface area contributed by atoms with Gasteiger partial charge in [-0.15, -0.1) is 0 Å². The summed E-state index contributed by atoms with van der Waals surface area (Å²) in [7, 11) is 0. The first kappa shape index (κ1) is 14.0. The molecule has 19 heavy (non-hydrogen) atoms. The molecule has 1 N–H and O–H groups in total. The standard InChI is InChI=1S/C13H11BrClN3O/c1-7-3-9(6-10(14)4-7)12(19)18-13-16-8(2)5-11(15)17-13/h3-6H,1-2H3,(H,16,17,18,19). The number of anilines is 1. The molecule has 0 aliphatic carbocycles. The summed E-state index contributed by atoms with van der Waals surface area (Å²) < 4.78 is 0.848. The highest BCUT2D eigenvalue weighted by atomic mass is 79.9. The van der Waals surface area contributed by atoms with E-state index in [4.69, 9.17) is 11.6 Å². The van der Waals surface area contributed by atoms with Gasteiger partial charge in [0.2, 0.25) is 5.95 Å². The molecule has 0 aliphatic heterocycles. The summed E-state index contributed by atoms with van der Waals surface area (Å²) in [5.41, 5.74) is 2.22. The number of halogens is 2. The van der Waals surface area contributed by atoms with Crippen LogP contribution in [0, 0.1) is 13.8 Å². The Morgan fingerprint density at radius 2 is 1.95 bits per heavy atom. The highest BCUT2D eigenvalue weighted by molar-refractivity contribution is 9.10. The van der Waals surface area contributed by atoms with E-state index in [2.05, 4.69) is 31.2 Å². The van der Waals surface area contributed by atoms with Crippen LogP contribution in [0.5, 0.6) is 0 Å². The zero-order valence-corrected chi connectivity index (χ0v) is 12.7. The lowest BCUT2D eigenvalue weighted by atomic mass is 10.1. The van der Waals surface area contributed by atoms with E-state index in [1.54, 1.807) is 25.1 Å². The quantitative estimate of drug-likeness (QED) is 0.847. The molecular weight excluding hydrogens is 330 g/mol. The number of carbonyl (C=O) groups excluding carboxylic acids is 1. The number of hydrogen-bond donors (Lipinski definition) is 1. The smallest absolute Gasteiger partial charge is 0.258 e. The van der Waals surface area contributed by atoms with E-state index >= 15 is 0 Å². The highest BCUT2D eigenvalue weighted by Crippen LogP contribution is 2.16. The van der Waals surface area contributed by atoms with Crippen molar-refractivity contribution in [3.63, 3.8) is 0 Å². The summed E-state index contributed by atoms with van der Waals surface area (Å²) >= 11 is 9.18. The second kappa shape index (κ2) is 5.67. The maximum absolute atomic E-state index is 12.1. The van der Waals surface area contributed by atoms with Gasteiger partial charge in [0, 0.05) is 15.7 Å². The molecular formula is C13H11BrClN3O. The van der Waals surface area contributed by atoms with Crippen LogP contribution in [0.4, 0.5) is 5.95 Å². The second-order valence-electron chi connectivity index (χ2n) is 4.13. The molecule has 1 heterocycles. The van der Waals surface area contributed by atoms with Gasteiger partial charge >= 0.3 is 0 Å². The van der Waals surface area contributed by atoms with E-state index in [9.17, 15) is 4.79 Å². The van der Waals surface area contributed by atoms with Crippen molar-refractivity contribution >= 4 is 39.4 Å². The molecule has 0 saturated heterocycles. The van der Waals surface area contributed by atoms with E-state index in [-0.39, 0.29) is 11.9 Å².